The Balaban J connectivity index is 2.02. The molecule has 1 fully saturated rings. The van der Waals surface area contributed by atoms with Crippen LogP contribution >= 0.6 is 0 Å². The normalized spacial score (nSPS) is 19.7. The fourth-order valence-corrected chi connectivity index (χ4v) is 2.23. The Morgan fingerprint density at radius 1 is 1.50 bits per heavy atom. The standard InChI is InChI=1S/C13H19N3O2/c1-9-6-10(2)14-12(7-9)15-13(18)16-5-3-4-11(17)8-16/h6-7,11,17H,3-5,8H2,1-2H3,(H,14,15,18)/t11-/m0/s1. The summed E-state index contributed by atoms with van der Waals surface area (Å²) >= 11 is 0. The molecule has 5 nitrogen and oxygen atoms in total. The number of β-amino-alcohol motifs (C(OH)–C–C–N with tert-alkyl or cyclic N) is 1. The number of rotatable bonds is 1. The van der Waals surface area contributed by atoms with Gasteiger partial charge in [-0.2, -0.15) is 0 Å². The number of aliphatic hydroxyl groups excluding tert-OH is 1. The Labute approximate surface area is 107 Å². The van der Waals surface area contributed by atoms with Crippen molar-refractivity contribution in [2.75, 3.05) is 18.4 Å². The molecule has 98 valence electrons. The van der Waals surface area contributed by atoms with E-state index in [0.717, 1.165) is 24.1 Å². The summed E-state index contributed by atoms with van der Waals surface area (Å²) in [5.41, 5.74) is 1.94. The number of nitrogens with one attached hydrogen (secondary N) is 1. The molecule has 2 heterocycles. The molecule has 0 aromatic carbocycles. The minimum atomic E-state index is -0.406. The van der Waals surface area contributed by atoms with E-state index < -0.39 is 6.10 Å². The van der Waals surface area contributed by atoms with Crippen molar-refractivity contribution in [1.82, 2.24) is 9.88 Å². The number of carbonyl (C=O) groups excluding carboxylic acids is 1. The fourth-order valence-electron chi connectivity index (χ4n) is 2.23. The summed E-state index contributed by atoms with van der Waals surface area (Å²) in [6.45, 7) is 4.95. The van der Waals surface area contributed by atoms with Crippen molar-refractivity contribution in [1.29, 1.82) is 0 Å². The van der Waals surface area contributed by atoms with Gasteiger partial charge in [-0.05, 0) is 44.4 Å². The molecule has 0 aliphatic carbocycles. The molecule has 5 heteroatoms. The van der Waals surface area contributed by atoms with Gasteiger partial charge < -0.3 is 10.0 Å². The molecule has 1 aliphatic rings. The zero-order valence-electron chi connectivity index (χ0n) is 10.8. The Morgan fingerprint density at radius 2 is 2.28 bits per heavy atom. The highest BCUT2D eigenvalue weighted by Gasteiger charge is 2.22. The van der Waals surface area contributed by atoms with Crippen LogP contribution in [0.4, 0.5) is 10.6 Å². The second-order valence-corrected chi connectivity index (χ2v) is 4.84. The first kappa shape index (κ1) is 12.8. The molecule has 2 amide bonds. The van der Waals surface area contributed by atoms with Crippen LogP contribution in [0.15, 0.2) is 12.1 Å². The molecule has 1 aliphatic heterocycles. The third kappa shape index (κ3) is 3.20. The zero-order valence-corrected chi connectivity index (χ0v) is 10.8. The minimum absolute atomic E-state index is 0.189. The SMILES string of the molecule is Cc1cc(C)nc(NC(=O)N2CCC[C@H](O)C2)c1. The van der Waals surface area contributed by atoms with Gasteiger partial charge in [-0.25, -0.2) is 9.78 Å². The molecule has 0 spiro atoms. The first-order valence-corrected chi connectivity index (χ1v) is 6.24. The molecular weight excluding hydrogens is 230 g/mol. The molecule has 18 heavy (non-hydrogen) atoms. The van der Waals surface area contributed by atoms with E-state index >= 15 is 0 Å². The lowest BCUT2D eigenvalue weighted by atomic mass is 10.1. The van der Waals surface area contributed by atoms with Gasteiger partial charge in [0, 0.05) is 18.8 Å². The smallest absolute Gasteiger partial charge is 0.323 e. The summed E-state index contributed by atoms with van der Waals surface area (Å²) in [6.07, 6.45) is 1.21. The van der Waals surface area contributed by atoms with Crippen LogP contribution in [0.3, 0.4) is 0 Å². The van der Waals surface area contributed by atoms with E-state index in [-0.39, 0.29) is 6.03 Å². The number of hydrogen-bond acceptors (Lipinski definition) is 3. The highest BCUT2D eigenvalue weighted by molar-refractivity contribution is 5.88. The molecule has 2 N–H and O–H groups in total. The average Bonchev–Trinajstić information content (AvgIpc) is 2.27. The quantitative estimate of drug-likeness (QED) is 0.796. The number of urea groups is 1. The van der Waals surface area contributed by atoms with Crippen LogP contribution in [-0.4, -0.2) is 40.2 Å². The highest BCUT2D eigenvalue weighted by atomic mass is 16.3. The molecular formula is C13H19N3O2. The lowest BCUT2D eigenvalue weighted by Gasteiger charge is -2.30. The summed E-state index contributed by atoms with van der Waals surface area (Å²) in [4.78, 5) is 17.9. The number of aryl methyl sites for hydroxylation is 2. The first-order valence-electron chi connectivity index (χ1n) is 6.24. The minimum Gasteiger partial charge on any atom is -0.391 e. The van der Waals surface area contributed by atoms with Crippen LogP contribution in [-0.2, 0) is 0 Å². The predicted molar refractivity (Wildman–Crippen MR) is 69.5 cm³/mol. The van der Waals surface area contributed by atoms with Gasteiger partial charge in [0.2, 0.25) is 0 Å². The summed E-state index contributed by atoms with van der Waals surface area (Å²) < 4.78 is 0. The average molecular weight is 249 g/mol. The van der Waals surface area contributed by atoms with E-state index in [1.165, 1.54) is 0 Å². The zero-order chi connectivity index (χ0) is 13.1. The number of hydrogen-bond donors (Lipinski definition) is 2. The molecule has 1 saturated heterocycles. The summed E-state index contributed by atoms with van der Waals surface area (Å²) in [6, 6.07) is 3.61. The van der Waals surface area contributed by atoms with Crippen molar-refractivity contribution in [2.45, 2.75) is 32.8 Å². The Hall–Kier alpha value is -1.62. The molecule has 1 aromatic heterocycles. The van der Waals surface area contributed by atoms with Gasteiger partial charge in [0.15, 0.2) is 0 Å². The van der Waals surface area contributed by atoms with E-state index in [1.54, 1.807) is 4.90 Å². The molecule has 0 saturated carbocycles. The maximum atomic E-state index is 12.0. The molecule has 1 aromatic rings. The second-order valence-electron chi connectivity index (χ2n) is 4.84. The molecule has 2 rings (SSSR count). The van der Waals surface area contributed by atoms with Crippen LogP contribution in [0.25, 0.3) is 0 Å². The molecule has 1 atom stereocenters. The number of anilines is 1. The van der Waals surface area contributed by atoms with Gasteiger partial charge in [0.05, 0.1) is 6.10 Å². The lowest BCUT2D eigenvalue weighted by Crippen LogP contribution is -2.44. The topological polar surface area (TPSA) is 65.5 Å². The van der Waals surface area contributed by atoms with Crippen molar-refractivity contribution >= 4 is 11.8 Å². The number of amides is 2. The number of aliphatic hydroxyl groups is 1. The van der Waals surface area contributed by atoms with Gasteiger partial charge in [0.1, 0.15) is 5.82 Å². The van der Waals surface area contributed by atoms with Crippen LogP contribution in [0, 0.1) is 13.8 Å². The van der Waals surface area contributed by atoms with Crippen LogP contribution in [0.1, 0.15) is 24.1 Å². The second kappa shape index (κ2) is 5.35. The number of carbonyl (C=O) groups is 1. The van der Waals surface area contributed by atoms with Crippen molar-refractivity contribution in [3.63, 3.8) is 0 Å². The van der Waals surface area contributed by atoms with Crippen LogP contribution in [0.5, 0.6) is 0 Å². The Morgan fingerprint density at radius 3 is 2.94 bits per heavy atom. The lowest BCUT2D eigenvalue weighted by molar-refractivity contribution is 0.0883. The van der Waals surface area contributed by atoms with Gasteiger partial charge in [-0.15, -0.1) is 0 Å². The molecule has 0 bridgehead atoms. The first-order chi connectivity index (χ1) is 8.54. The summed E-state index contributed by atoms with van der Waals surface area (Å²) in [7, 11) is 0. The fraction of sp³-hybridized carbons (Fsp3) is 0.538. The van der Waals surface area contributed by atoms with Gasteiger partial charge >= 0.3 is 6.03 Å². The third-order valence-corrected chi connectivity index (χ3v) is 3.02. The van der Waals surface area contributed by atoms with Gasteiger partial charge in [-0.3, -0.25) is 5.32 Å². The number of aromatic nitrogens is 1. The Bertz CT molecular complexity index is 428. The van der Waals surface area contributed by atoms with Crippen molar-refractivity contribution in [3.8, 4) is 0 Å². The van der Waals surface area contributed by atoms with E-state index in [4.69, 9.17) is 0 Å². The number of nitrogens with zero attached hydrogens (tertiary/aromatic N) is 2. The molecule has 0 unspecified atom stereocenters. The summed E-state index contributed by atoms with van der Waals surface area (Å²) in [5, 5.41) is 12.3. The highest BCUT2D eigenvalue weighted by Crippen LogP contribution is 2.13. The molecule has 0 radical (unpaired) electrons. The monoisotopic (exact) mass is 249 g/mol. The predicted octanol–water partition coefficient (Wildman–Crippen LogP) is 1.69. The van der Waals surface area contributed by atoms with Gasteiger partial charge in [0.25, 0.3) is 0 Å². The van der Waals surface area contributed by atoms with E-state index in [1.807, 2.05) is 26.0 Å². The number of piperidine rings is 1. The summed E-state index contributed by atoms with van der Waals surface area (Å²) in [5.74, 6) is 0.567. The maximum absolute atomic E-state index is 12.0. The maximum Gasteiger partial charge on any atom is 0.323 e. The van der Waals surface area contributed by atoms with E-state index in [9.17, 15) is 9.90 Å². The number of likely N-dealkylation sites (tertiary alicyclic amines) is 1. The van der Waals surface area contributed by atoms with Crippen molar-refractivity contribution < 1.29 is 9.90 Å². The van der Waals surface area contributed by atoms with Crippen molar-refractivity contribution in [2.24, 2.45) is 0 Å². The van der Waals surface area contributed by atoms with Crippen LogP contribution in [0.2, 0.25) is 0 Å². The number of pyridine rings is 1. The Kier molecular flexibility index (Phi) is 3.81. The van der Waals surface area contributed by atoms with Crippen molar-refractivity contribution in [3.05, 3.63) is 23.4 Å². The van der Waals surface area contributed by atoms with Gasteiger partial charge in [-0.1, -0.05) is 0 Å². The third-order valence-electron chi connectivity index (χ3n) is 3.02. The van der Waals surface area contributed by atoms with E-state index in [2.05, 4.69) is 10.3 Å². The van der Waals surface area contributed by atoms with Crippen LogP contribution < -0.4 is 5.32 Å². The van der Waals surface area contributed by atoms with E-state index in [0.29, 0.717) is 18.9 Å². The largest absolute Gasteiger partial charge is 0.391 e.